The van der Waals surface area contributed by atoms with Crippen molar-refractivity contribution in [3.8, 4) is 0 Å². The summed E-state index contributed by atoms with van der Waals surface area (Å²) in [5.74, 6) is -1.08. The number of aliphatic hydroxyl groups is 1. The maximum absolute atomic E-state index is 12.5. The number of rotatable bonds is 4. The van der Waals surface area contributed by atoms with E-state index >= 15 is 0 Å². The fraction of sp³-hybridized carbons (Fsp3) is 0.500. The summed E-state index contributed by atoms with van der Waals surface area (Å²) >= 11 is 0. The zero-order chi connectivity index (χ0) is 15.6. The monoisotopic (exact) mass is 291 g/mol. The highest BCUT2D eigenvalue weighted by Gasteiger charge is 2.42. The number of carbonyl (C=O) groups is 2. The fourth-order valence-corrected chi connectivity index (χ4v) is 2.28. The lowest BCUT2D eigenvalue weighted by Gasteiger charge is -2.29. The molecule has 2 amide bonds. The molecule has 0 spiro atoms. The van der Waals surface area contributed by atoms with Gasteiger partial charge < -0.3 is 9.84 Å². The highest BCUT2D eigenvalue weighted by molar-refractivity contribution is 5.95. The van der Waals surface area contributed by atoms with Crippen molar-refractivity contribution in [1.29, 1.82) is 0 Å². The first-order valence-electron chi connectivity index (χ1n) is 7.07. The average Bonchev–Trinajstić information content (AvgIpc) is 2.78. The SMILES string of the molecule is C[C@H](C(=O)N1C(=O)OC[C@H]1Cc1ccccc1)C(C)(C)O. The molecule has 1 aromatic carbocycles. The first-order chi connectivity index (χ1) is 9.80. The third-order valence-corrected chi connectivity index (χ3v) is 3.94. The molecule has 5 nitrogen and oxygen atoms in total. The Morgan fingerprint density at radius 2 is 2.05 bits per heavy atom. The summed E-state index contributed by atoms with van der Waals surface area (Å²) < 4.78 is 5.02. The Balaban J connectivity index is 2.15. The number of nitrogens with zero attached hydrogens (tertiary/aromatic N) is 1. The van der Waals surface area contributed by atoms with Crippen LogP contribution in [0.15, 0.2) is 30.3 Å². The molecular formula is C16H21NO4. The number of ether oxygens (including phenoxy) is 1. The van der Waals surface area contributed by atoms with E-state index in [1.54, 1.807) is 20.8 Å². The Morgan fingerprint density at radius 1 is 1.43 bits per heavy atom. The molecule has 1 heterocycles. The van der Waals surface area contributed by atoms with E-state index in [9.17, 15) is 14.7 Å². The van der Waals surface area contributed by atoms with Crippen LogP contribution in [0.2, 0.25) is 0 Å². The Bertz CT molecular complexity index is 521. The third-order valence-electron chi connectivity index (χ3n) is 3.94. The Kier molecular flexibility index (Phi) is 4.32. The standard InChI is InChI=1S/C16H21NO4/c1-11(16(2,3)20)14(18)17-13(10-21-15(17)19)9-12-7-5-4-6-8-12/h4-8,11,13,20H,9-10H2,1-3H3/t11-,13-/m1/s1. The molecule has 1 N–H and O–H groups in total. The van der Waals surface area contributed by atoms with Crippen molar-refractivity contribution in [2.24, 2.45) is 5.92 Å². The molecule has 114 valence electrons. The first kappa shape index (κ1) is 15.5. The molecule has 2 rings (SSSR count). The van der Waals surface area contributed by atoms with Gasteiger partial charge in [-0.2, -0.15) is 0 Å². The molecule has 0 radical (unpaired) electrons. The van der Waals surface area contributed by atoms with Crippen LogP contribution in [-0.4, -0.2) is 40.3 Å². The number of benzene rings is 1. The highest BCUT2D eigenvalue weighted by atomic mass is 16.6. The summed E-state index contributed by atoms with van der Waals surface area (Å²) in [6, 6.07) is 9.32. The minimum atomic E-state index is -1.18. The fourth-order valence-electron chi connectivity index (χ4n) is 2.28. The molecule has 1 aliphatic heterocycles. The molecule has 0 aliphatic carbocycles. The number of cyclic esters (lactones) is 1. The van der Waals surface area contributed by atoms with E-state index in [-0.39, 0.29) is 12.6 Å². The predicted molar refractivity (Wildman–Crippen MR) is 77.6 cm³/mol. The lowest BCUT2D eigenvalue weighted by atomic mass is 9.91. The third kappa shape index (κ3) is 3.42. The maximum atomic E-state index is 12.5. The Labute approximate surface area is 124 Å². The first-order valence-corrected chi connectivity index (χ1v) is 7.07. The number of imide groups is 1. The van der Waals surface area contributed by atoms with Gasteiger partial charge in [-0.05, 0) is 25.8 Å². The molecule has 1 aromatic rings. The summed E-state index contributed by atoms with van der Waals surface area (Å²) in [5.41, 5.74) is -0.147. The highest BCUT2D eigenvalue weighted by Crippen LogP contribution is 2.24. The van der Waals surface area contributed by atoms with Gasteiger partial charge in [0.25, 0.3) is 0 Å². The van der Waals surface area contributed by atoms with Gasteiger partial charge in [-0.3, -0.25) is 4.79 Å². The van der Waals surface area contributed by atoms with Crippen molar-refractivity contribution in [3.63, 3.8) is 0 Å². The molecule has 1 fully saturated rings. The molecular weight excluding hydrogens is 270 g/mol. The van der Waals surface area contributed by atoms with Crippen LogP contribution in [0.4, 0.5) is 4.79 Å². The van der Waals surface area contributed by atoms with Gasteiger partial charge in [-0.15, -0.1) is 0 Å². The minimum Gasteiger partial charge on any atom is -0.447 e. The van der Waals surface area contributed by atoms with Crippen LogP contribution >= 0.6 is 0 Å². The second kappa shape index (κ2) is 5.85. The quantitative estimate of drug-likeness (QED) is 0.921. The lowest BCUT2D eigenvalue weighted by Crippen LogP contribution is -2.48. The van der Waals surface area contributed by atoms with E-state index < -0.39 is 23.5 Å². The minimum absolute atomic E-state index is 0.193. The second-order valence-electron chi connectivity index (χ2n) is 6.00. The molecule has 1 aliphatic rings. The van der Waals surface area contributed by atoms with Crippen LogP contribution in [0.5, 0.6) is 0 Å². The summed E-state index contributed by atoms with van der Waals surface area (Å²) in [7, 11) is 0. The van der Waals surface area contributed by atoms with Gasteiger partial charge >= 0.3 is 6.09 Å². The van der Waals surface area contributed by atoms with E-state index in [0.717, 1.165) is 10.5 Å². The van der Waals surface area contributed by atoms with Crippen molar-refractivity contribution in [2.45, 2.75) is 38.8 Å². The molecule has 0 saturated carbocycles. The lowest BCUT2D eigenvalue weighted by molar-refractivity contribution is -0.140. The van der Waals surface area contributed by atoms with Gasteiger partial charge in [-0.25, -0.2) is 9.69 Å². The van der Waals surface area contributed by atoms with Gasteiger partial charge in [-0.1, -0.05) is 37.3 Å². The van der Waals surface area contributed by atoms with Crippen LogP contribution in [-0.2, 0) is 16.0 Å². The van der Waals surface area contributed by atoms with Crippen LogP contribution in [0.3, 0.4) is 0 Å². The zero-order valence-corrected chi connectivity index (χ0v) is 12.6. The van der Waals surface area contributed by atoms with Gasteiger partial charge in [0.1, 0.15) is 6.61 Å². The van der Waals surface area contributed by atoms with Gasteiger partial charge in [0.2, 0.25) is 5.91 Å². The molecule has 5 heteroatoms. The van der Waals surface area contributed by atoms with E-state index in [4.69, 9.17) is 4.74 Å². The number of hydrogen-bond donors (Lipinski definition) is 1. The van der Waals surface area contributed by atoms with Crippen LogP contribution in [0, 0.1) is 5.92 Å². The Hall–Kier alpha value is -1.88. The number of hydrogen-bond acceptors (Lipinski definition) is 4. The van der Waals surface area contributed by atoms with Gasteiger partial charge in [0, 0.05) is 0 Å². The molecule has 2 atom stereocenters. The number of amides is 2. The summed E-state index contributed by atoms with van der Waals surface area (Å²) in [5, 5.41) is 9.98. The van der Waals surface area contributed by atoms with E-state index in [1.807, 2.05) is 30.3 Å². The summed E-state index contributed by atoms with van der Waals surface area (Å²) in [6.07, 6.45) is -0.0753. The second-order valence-corrected chi connectivity index (χ2v) is 6.00. The molecule has 0 bridgehead atoms. The van der Waals surface area contributed by atoms with Gasteiger partial charge in [0.05, 0.1) is 17.6 Å². The molecule has 0 aromatic heterocycles. The van der Waals surface area contributed by atoms with Crippen molar-refractivity contribution >= 4 is 12.0 Å². The largest absolute Gasteiger partial charge is 0.447 e. The molecule has 1 saturated heterocycles. The van der Waals surface area contributed by atoms with Crippen LogP contribution in [0.25, 0.3) is 0 Å². The maximum Gasteiger partial charge on any atom is 0.416 e. The van der Waals surface area contributed by atoms with E-state index in [0.29, 0.717) is 6.42 Å². The summed E-state index contributed by atoms with van der Waals surface area (Å²) in [6.45, 7) is 4.93. The molecule has 21 heavy (non-hydrogen) atoms. The normalized spacial score (nSPS) is 20.3. The van der Waals surface area contributed by atoms with Gasteiger partial charge in [0.15, 0.2) is 0 Å². The van der Waals surface area contributed by atoms with E-state index in [1.165, 1.54) is 0 Å². The smallest absolute Gasteiger partial charge is 0.416 e. The van der Waals surface area contributed by atoms with Crippen molar-refractivity contribution in [3.05, 3.63) is 35.9 Å². The van der Waals surface area contributed by atoms with Crippen LogP contribution < -0.4 is 0 Å². The van der Waals surface area contributed by atoms with Crippen molar-refractivity contribution < 1.29 is 19.4 Å². The number of carbonyl (C=O) groups excluding carboxylic acids is 2. The summed E-state index contributed by atoms with van der Waals surface area (Å²) in [4.78, 5) is 25.5. The predicted octanol–water partition coefficient (Wildman–Crippen LogP) is 1.98. The van der Waals surface area contributed by atoms with Crippen molar-refractivity contribution in [2.75, 3.05) is 6.61 Å². The van der Waals surface area contributed by atoms with Crippen LogP contribution in [0.1, 0.15) is 26.3 Å². The zero-order valence-electron chi connectivity index (χ0n) is 12.6. The Morgan fingerprint density at radius 3 is 2.62 bits per heavy atom. The average molecular weight is 291 g/mol. The molecule has 0 unspecified atom stereocenters. The van der Waals surface area contributed by atoms with Crippen molar-refractivity contribution in [1.82, 2.24) is 4.90 Å². The van der Waals surface area contributed by atoms with E-state index in [2.05, 4.69) is 0 Å². The topological polar surface area (TPSA) is 66.8 Å².